The maximum absolute atomic E-state index is 11.0. The number of ether oxygens (including phenoxy) is 1. The largest absolute Gasteiger partial charge is 0.497 e. The molecular weight excluding hydrogens is 280 g/mol. The number of methoxy groups -OCH3 is 1. The zero-order chi connectivity index (χ0) is 15.7. The van der Waals surface area contributed by atoms with Crippen LogP contribution >= 0.6 is 0 Å². The van der Waals surface area contributed by atoms with Gasteiger partial charge < -0.3 is 14.4 Å². The summed E-state index contributed by atoms with van der Waals surface area (Å²) in [5.74, 6) is 0.736. The summed E-state index contributed by atoms with van der Waals surface area (Å²) in [5, 5.41) is 9.06. The Kier molecular flexibility index (Phi) is 3.55. The van der Waals surface area contributed by atoms with E-state index >= 15 is 0 Å². The minimum atomic E-state index is -0.941. The molecule has 3 aromatic rings. The molecule has 0 radical (unpaired) electrons. The number of benzene rings is 2. The molecule has 0 aliphatic carbocycles. The number of carboxylic acid groups (broad SMARTS) is 1. The van der Waals surface area contributed by atoms with Gasteiger partial charge in [0.2, 0.25) is 0 Å². The molecule has 0 aliphatic heterocycles. The maximum atomic E-state index is 11.0. The number of nitrogens with zero attached hydrogens (tertiary/aromatic N) is 2. The number of aryl methyl sites for hydroxylation is 1. The molecule has 0 fully saturated rings. The molecule has 1 aromatic heterocycles. The first-order chi connectivity index (χ1) is 10.6. The molecule has 0 amide bonds. The van der Waals surface area contributed by atoms with Crippen molar-refractivity contribution in [3.05, 3.63) is 59.4 Å². The average Bonchev–Trinajstić information content (AvgIpc) is 2.83. The molecule has 5 nitrogen and oxygen atoms in total. The van der Waals surface area contributed by atoms with Gasteiger partial charge in [0, 0.05) is 6.54 Å². The van der Waals surface area contributed by atoms with Gasteiger partial charge in [0.25, 0.3) is 0 Å². The fourth-order valence-corrected chi connectivity index (χ4v) is 2.50. The summed E-state index contributed by atoms with van der Waals surface area (Å²) in [6.07, 6.45) is 0. The minimum absolute atomic E-state index is 0.251. The number of carboxylic acids is 1. The summed E-state index contributed by atoms with van der Waals surface area (Å²) < 4.78 is 7.23. The molecule has 0 saturated heterocycles. The average molecular weight is 296 g/mol. The topological polar surface area (TPSA) is 64.4 Å². The Morgan fingerprint density at radius 1 is 1.23 bits per heavy atom. The SMILES string of the molecule is COc1ccc(Cn2c(C)nc3cc(C(=O)O)ccc32)cc1. The molecule has 0 bridgehead atoms. The Bertz CT molecular complexity index is 835. The highest BCUT2D eigenvalue weighted by Gasteiger charge is 2.11. The van der Waals surface area contributed by atoms with Crippen molar-refractivity contribution in [1.29, 1.82) is 0 Å². The van der Waals surface area contributed by atoms with Gasteiger partial charge in [-0.15, -0.1) is 0 Å². The van der Waals surface area contributed by atoms with Crippen molar-refractivity contribution in [2.24, 2.45) is 0 Å². The van der Waals surface area contributed by atoms with Crippen LogP contribution in [-0.4, -0.2) is 27.7 Å². The Morgan fingerprint density at radius 2 is 1.95 bits per heavy atom. The van der Waals surface area contributed by atoms with Crippen molar-refractivity contribution in [1.82, 2.24) is 9.55 Å². The van der Waals surface area contributed by atoms with Crippen LogP contribution in [0.15, 0.2) is 42.5 Å². The number of aromatic carboxylic acids is 1. The van der Waals surface area contributed by atoms with Crippen LogP contribution in [0.3, 0.4) is 0 Å². The number of imidazole rings is 1. The first-order valence-electron chi connectivity index (χ1n) is 6.91. The fourth-order valence-electron chi connectivity index (χ4n) is 2.50. The zero-order valence-corrected chi connectivity index (χ0v) is 12.4. The number of carbonyl (C=O) groups is 1. The van der Waals surface area contributed by atoms with Gasteiger partial charge >= 0.3 is 5.97 Å². The van der Waals surface area contributed by atoms with Gasteiger partial charge in [-0.2, -0.15) is 0 Å². The van der Waals surface area contributed by atoms with Crippen LogP contribution < -0.4 is 4.74 Å². The van der Waals surface area contributed by atoms with Gasteiger partial charge in [0.05, 0.1) is 23.7 Å². The molecule has 0 unspecified atom stereocenters. The molecule has 0 aliphatic rings. The van der Waals surface area contributed by atoms with Gasteiger partial charge in [-0.05, 0) is 42.8 Å². The lowest BCUT2D eigenvalue weighted by Crippen LogP contribution is -2.02. The van der Waals surface area contributed by atoms with Crippen molar-refractivity contribution < 1.29 is 14.6 Å². The van der Waals surface area contributed by atoms with E-state index in [0.717, 1.165) is 22.7 Å². The van der Waals surface area contributed by atoms with Crippen LogP contribution in [0.5, 0.6) is 5.75 Å². The number of fused-ring (bicyclic) bond motifs is 1. The Hall–Kier alpha value is -2.82. The van der Waals surface area contributed by atoms with Crippen molar-refractivity contribution in [2.75, 3.05) is 7.11 Å². The Labute approximate surface area is 127 Å². The van der Waals surface area contributed by atoms with Gasteiger partial charge in [-0.25, -0.2) is 9.78 Å². The van der Waals surface area contributed by atoms with Crippen LogP contribution in [0, 0.1) is 6.92 Å². The summed E-state index contributed by atoms with van der Waals surface area (Å²) in [7, 11) is 1.64. The lowest BCUT2D eigenvalue weighted by Gasteiger charge is -2.08. The fraction of sp³-hybridized carbons (Fsp3) is 0.176. The first kappa shape index (κ1) is 14.1. The Balaban J connectivity index is 1.99. The molecule has 1 N–H and O–H groups in total. The molecule has 22 heavy (non-hydrogen) atoms. The van der Waals surface area contributed by atoms with Crippen LogP contribution in [0.1, 0.15) is 21.7 Å². The van der Waals surface area contributed by atoms with E-state index in [1.54, 1.807) is 19.2 Å². The lowest BCUT2D eigenvalue weighted by atomic mass is 10.2. The summed E-state index contributed by atoms with van der Waals surface area (Å²) in [6.45, 7) is 2.60. The molecule has 0 atom stereocenters. The molecular formula is C17H16N2O3. The third-order valence-electron chi connectivity index (χ3n) is 3.69. The van der Waals surface area contributed by atoms with E-state index in [1.807, 2.05) is 37.3 Å². The third kappa shape index (κ3) is 2.53. The predicted octanol–water partition coefficient (Wildman–Crippen LogP) is 3.10. The molecule has 5 heteroatoms. The van der Waals surface area contributed by atoms with E-state index in [1.165, 1.54) is 0 Å². The number of aromatic nitrogens is 2. The normalized spacial score (nSPS) is 10.8. The quantitative estimate of drug-likeness (QED) is 0.803. The standard InChI is InChI=1S/C17H16N2O3/c1-11-18-15-9-13(17(20)21)5-8-16(15)19(11)10-12-3-6-14(22-2)7-4-12/h3-9H,10H2,1-2H3,(H,20,21). The molecule has 112 valence electrons. The number of hydrogen-bond acceptors (Lipinski definition) is 3. The van der Waals surface area contributed by atoms with Gasteiger partial charge in [0.15, 0.2) is 0 Å². The summed E-state index contributed by atoms with van der Waals surface area (Å²) in [5.41, 5.74) is 3.01. The van der Waals surface area contributed by atoms with Gasteiger partial charge in [-0.3, -0.25) is 0 Å². The first-order valence-corrected chi connectivity index (χ1v) is 6.91. The Morgan fingerprint density at radius 3 is 2.59 bits per heavy atom. The van der Waals surface area contributed by atoms with Crippen LogP contribution in [0.2, 0.25) is 0 Å². The number of hydrogen-bond donors (Lipinski definition) is 1. The maximum Gasteiger partial charge on any atom is 0.335 e. The highest BCUT2D eigenvalue weighted by atomic mass is 16.5. The van der Waals surface area contributed by atoms with Crippen LogP contribution in [0.4, 0.5) is 0 Å². The van der Waals surface area contributed by atoms with Crippen molar-refractivity contribution in [3.8, 4) is 5.75 Å². The highest BCUT2D eigenvalue weighted by molar-refractivity contribution is 5.92. The van der Waals surface area contributed by atoms with Crippen molar-refractivity contribution >= 4 is 17.0 Å². The number of rotatable bonds is 4. The molecule has 2 aromatic carbocycles. The van der Waals surface area contributed by atoms with E-state index < -0.39 is 5.97 Å². The smallest absolute Gasteiger partial charge is 0.335 e. The van der Waals surface area contributed by atoms with E-state index in [4.69, 9.17) is 9.84 Å². The molecule has 0 saturated carbocycles. The molecule has 0 spiro atoms. The summed E-state index contributed by atoms with van der Waals surface area (Å²) in [6, 6.07) is 12.9. The van der Waals surface area contributed by atoms with Crippen molar-refractivity contribution in [3.63, 3.8) is 0 Å². The molecule has 3 rings (SSSR count). The van der Waals surface area contributed by atoms with Gasteiger partial charge in [-0.1, -0.05) is 12.1 Å². The summed E-state index contributed by atoms with van der Waals surface area (Å²) >= 11 is 0. The van der Waals surface area contributed by atoms with Gasteiger partial charge in [0.1, 0.15) is 11.6 Å². The lowest BCUT2D eigenvalue weighted by molar-refractivity contribution is 0.0697. The van der Waals surface area contributed by atoms with E-state index in [9.17, 15) is 4.79 Å². The third-order valence-corrected chi connectivity index (χ3v) is 3.69. The second-order valence-electron chi connectivity index (χ2n) is 5.10. The highest BCUT2D eigenvalue weighted by Crippen LogP contribution is 2.20. The molecule has 1 heterocycles. The summed E-state index contributed by atoms with van der Waals surface area (Å²) in [4.78, 5) is 15.5. The second-order valence-corrected chi connectivity index (χ2v) is 5.10. The zero-order valence-electron chi connectivity index (χ0n) is 12.4. The van der Waals surface area contributed by atoms with E-state index in [2.05, 4.69) is 9.55 Å². The second kappa shape index (κ2) is 5.52. The van der Waals surface area contributed by atoms with E-state index in [0.29, 0.717) is 12.1 Å². The predicted molar refractivity (Wildman–Crippen MR) is 83.5 cm³/mol. The van der Waals surface area contributed by atoms with Crippen LogP contribution in [0.25, 0.3) is 11.0 Å². The van der Waals surface area contributed by atoms with Crippen LogP contribution in [-0.2, 0) is 6.54 Å². The minimum Gasteiger partial charge on any atom is -0.497 e. The van der Waals surface area contributed by atoms with E-state index in [-0.39, 0.29) is 5.56 Å². The monoisotopic (exact) mass is 296 g/mol. The van der Waals surface area contributed by atoms with Crippen molar-refractivity contribution in [2.45, 2.75) is 13.5 Å².